The minimum Gasteiger partial charge on any atom is -0.478 e. The lowest BCUT2D eigenvalue weighted by Gasteiger charge is -2.25. The van der Waals surface area contributed by atoms with Crippen LogP contribution in [0.1, 0.15) is 40.7 Å². The first-order valence-electron chi connectivity index (χ1n) is 8.70. The number of amidine groups is 1. The zero-order chi connectivity index (χ0) is 20.1. The molecule has 2 aromatic rings. The van der Waals surface area contributed by atoms with Crippen LogP contribution in [0.25, 0.3) is 0 Å². The number of nitrogens with one attached hydrogen (secondary N) is 1. The lowest BCUT2D eigenvalue weighted by atomic mass is 10.0. The predicted octanol–water partition coefficient (Wildman–Crippen LogP) is 4.22. The zero-order valence-electron chi connectivity index (χ0n) is 15.5. The zero-order valence-corrected chi connectivity index (χ0v) is 17.1. The maximum atomic E-state index is 12.5. The molecule has 2 N–H and O–H groups in total. The van der Waals surface area contributed by atoms with E-state index in [9.17, 15) is 9.59 Å². The molecule has 1 aromatic carbocycles. The minimum absolute atomic E-state index is 0.258. The highest BCUT2D eigenvalue weighted by atomic mass is 32.2. The van der Waals surface area contributed by atoms with E-state index in [1.807, 2.05) is 30.5 Å². The number of allylic oxidation sites excluding steroid dienone is 1. The van der Waals surface area contributed by atoms with E-state index in [1.54, 1.807) is 36.5 Å². The summed E-state index contributed by atoms with van der Waals surface area (Å²) >= 11 is 3.01. The second kappa shape index (κ2) is 9.07. The number of carbonyl (C=O) groups is 2. The fourth-order valence-corrected chi connectivity index (χ4v) is 4.45. The molecule has 0 unspecified atom stereocenters. The van der Waals surface area contributed by atoms with Gasteiger partial charge in [-0.1, -0.05) is 30.0 Å². The third kappa shape index (κ3) is 4.63. The fraction of sp³-hybridized carbons (Fsp3) is 0.250. The second-order valence-electron chi connectivity index (χ2n) is 6.03. The molecule has 0 radical (unpaired) electrons. The molecule has 28 heavy (non-hydrogen) atoms. The number of ether oxygens (including phenoxy) is 1. The van der Waals surface area contributed by atoms with E-state index < -0.39 is 12.0 Å². The number of thioether (sulfide) groups is 1. The molecule has 3 rings (SSSR count). The molecule has 1 atom stereocenters. The highest BCUT2D eigenvalue weighted by Crippen LogP contribution is 2.35. The largest absolute Gasteiger partial charge is 0.478 e. The lowest BCUT2D eigenvalue weighted by Crippen LogP contribution is -2.30. The van der Waals surface area contributed by atoms with Crippen molar-refractivity contribution >= 4 is 40.2 Å². The number of carboxylic acids is 1. The summed E-state index contributed by atoms with van der Waals surface area (Å²) < 4.78 is 5.22. The Bertz CT molecular complexity index is 935. The molecule has 0 saturated carbocycles. The number of esters is 1. The molecule has 0 amide bonds. The Kier molecular flexibility index (Phi) is 6.53. The first-order valence-corrected chi connectivity index (χ1v) is 10.6. The monoisotopic (exact) mass is 416 g/mol. The summed E-state index contributed by atoms with van der Waals surface area (Å²) in [5.41, 5.74) is 2.38. The van der Waals surface area contributed by atoms with Gasteiger partial charge in [-0.2, -0.15) is 0 Å². The maximum Gasteiger partial charge on any atom is 0.338 e. The van der Waals surface area contributed by atoms with Crippen LogP contribution in [0.15, 0.2) is 58.0 Å². The molecule has 0 fully saturated rings. The average Bonchev–Trinajstić information content (AvgIpc) is 3.21. The van der Waals surface area contributed by atoms with Gasteiger partial charge in [-0.05, 0) is 43.0 Å². The molecule has 0 spiro atoms. The molecule has 1 aliphatic heterocycles. The van der Waals surface area contributed by atoms with Crippen molar-refractivity contribution in [3.8, 4) is 0 Å². The number of hydrogen-bond acceptors (Lipinski definition) is 7. The van der Waals surface area contributed by atoms with Gasteiger partial charge in [0.25, 0.3) is 0 Å². The highest BCUT2D eigenvalue weighted by Gasteiger charge is 2.31. The van der Waals surface area contributed by atoms with E-state index in [-0.39, 0.29) is 11.5 Å². The van der Waals surface area contributed by atoms with Gasteiger partial charge in [0.2, 0.25) is 0 Å². The van der Waals surface area contributed by atoms with Crippen LogP contribution in [0.5, 0.6) is 0 Å². The molecule has 0 bridgehead atoms. The lowest BCUT2D eigenvalue weighted by molar-refractivity contribution is -0.138. The van der Waals surface area contributed by atoms with Crippen molar-refractivity contribution in [2.24, 2.45) is 4.99 Å². The van der Waals surface area contributed by atoms with Crippen LogP contribution >= 0.6 is 23.1 Å². The van der Waals surface area contributed by atoms with Crippen LogP contribution in [0, 0.1) is 0 Å². The quantitative estimate of drug-likeness (QED) is 0.686. The Balaban J connectivity index is 1.81. The summed E-state index contributed by atoms with van der Waals surface area (Å²) in [5.74, 6) is -0.755. The topological polar surface area (TPSA) is 88.0 Å². The van der Waals surface area contributed by atoms with Crippen molar-refractivity contribution in [1.29, 1.82) is 0 Å². The summed E-state index contributed by atoms with van der Waals surface area (Å²) in [4.78, 5) is 29.3. The molecule has 2 heterocycles. The molecule has 1 aliphatic rings. The average molecular weight is 417 g/mol. The summed E-state index contributed by atoms with van der Waals surface area (Å²) in [6.07, 6.45) is 0. The van der Waals surface area contributed by atoms with Gasteiger partial charge in [-0.3, -0.25) is 0 Å². The van der Waals surface area contributed by atoms with Crippen LogP contribution in [0.4, 0.5) is 0 Å². The number of benzene rings is 1. The van der Waals surface area contributed by atoms with Gasteiger partial charge >= 0.3 is 11.9 Å². The number of rotatable bonds is 6. The maximum absolute atomic E-state index is 12.5. The van der Waals surface area contributed by atoms with Crippen molar-refractivity contribution in [1.82, 2.24) is 5.32 Å². The van der Waals surface area contributed by atoms with E-state index in [0.717, 1.165) is 10.4 Å². The van der Waals surface area contributed by atoms with Crippen molar-refractivity contribution in [2.45, 2.75) is 25.6 Å². The SMILES string of the molecule is CCOC(=O)C1=C(C)NC(SCc2cccc(C(=O)O)c2)=N[C@@H]1c1cccs1. The van der Waals surface area contributed by atoms with Crippen molar-refractivity contribution in [2.75, 3.05) is 6.61 Å². The number of aliphatic imine (C=N–C) groups is 1. The van der Waals surface area contributed by atoms with Crippen LogP contribution < -0.4 is 5.32 Å². The number of carboxylic acid groups (broad SMARTS) is 1. The molecule has 146 valence electrons. The molecule has 8 heteroatoms. The van der Waals surface area contributed by atoms with Gasteiger partial charge in [0.1, 0.15) is 6.04 Å². The first-order chi connectivity index (χ1) is 13.5. The number of carbonyl (C=O) groups excluding carboxylic acids is 1. The number of aromatic carboxylic acids is 1. The van der Waals surface area contributed by atoms with Crippen LogP contribution in [0.3, 0.4) is 0 Å². The molecule has 0 saturated heterocycles. The Morgan fingerprint density at radius 3 is 2.82 bits per heavy atom. The third-order valence-corrected chi connectivity index (χ3v) is 5.96. The predicted molar refractivity (Wildman–Crippen MR) is 112 cm³/mol. The van der Waals surface area contributed by atoms with Gasteiger partial charge in [0.05, 0.1) is 17.7 Å². The summed E-state index contributed by atoms with van der Waals surface area (Å²) in [6.45, 7) is 3.92. The van der Waals surface area contributed by atoms with E-state index in [1.165, 1.54) is 11.8 Å². The van der Waals surface area contributed by atoms with Crippen molar-refractivity contribution < 1.29 is 19.4 Å². The summed E-state index contributed by atoms with van der Waals surface area (Å²) in [5, 5.41) is 15.0. The van der Waals surface area contributed by atoms with E-state index in [2.05, 4.69) is 5.32 Å². The van der Waals surface area contributed by atoms with Gasteiger partial charge in [-0.15, -0.1) is 11.3 Å². The standard InChI is InChI=1S/C20H20N2O4S2/c1-3-26-19(25)16-12(2)21-20(22-17(16)15-8-5-9-27-15)28-11-13-6-4-7-14(10-13)18(23)24/h4-10,17H,3,11H2,1-2H3,(H,21,22)(H,23,24)/t17-/m1/s1. The van der Waals surface area contributed by atoms with Crippen molar-refractivity contribution in [3.63, 3.8) is 0 Å². The summed E-state index contributed by atoms with van der Waals surface area (Å²) in [7, 11) is 0. The molecule has 6 nitrogen and oxygen atoms in total. The molecule has 1 aromatic heterocycles. The molecular weight excluding hydrogens is 396 g/mol. The van der Waals surface area contributed by atoms with Crippen LogP contribution in [0.2, 0.25) is 0 Å². The van der Waals surface area contributed by atoms with Gasteiger partial charge in [0, 0.05) is 16.3 Å². The highest BCUT2D eigenvalue weighted by molar-refractivity contribution is 8.13. The first kappa shape index (κ1) is 20.2. The van der Waals surface area contributed by atoms with E-state index in [4.69, 9.17) is 14.8 Å². The Hall–Kier alpha value is -2.58. The number of nitrogens with zero attached hydrogens (tertiary/aromatic N) is 1. The second-order valence-corrected chi connectivity index (χ2v) is 7.97. The molecular formula is C20H20N2O4S2. The summed E-state index contributed by atoms with van der Waals surface area (Å²) in [6, 6.07) is 10.3. The van der Waals surface area contributed by atoms with Crippen molar-refractivity contribution in [3.05, 3.63) is 69.1 Å². The number of thiophene rings is 1. The fourth-order valence-electron chi connectivity index (χ4n) is 2.79. The Labute approximate surface area is 171 Å². The normalized spacial score (nSPS) is 16.4. The third-order valence-electron chi connectivity index (χ3n) is 4.08. The van der Waals surface area contributed by atoms with Gasteiger partial charge in [-0.25, -0.2) is 14.6 Å². The van der Waals surface area contributed by atoms with Crippen LogP contribution in [-0.4, -0.2) is 28.8 Å². The Morgan fingerprint density at radius 2 is 2.14 bits per heavy atom. The smallest absolute Gasteiger partial charge is 0.338 e. The van der Waals surface area contributed by atoms with Crippen LogP contribution in [-0.2, 0) is 15.3 Å². The Morgan fingerprint density at radius 1 is 1.32 bits per heavy atom. The van der Waals surface area contributed by atoms with Gasteiger partial charge in [0.15, 0.2) is 5.17 Å². The minimum atomic E-state index is -0.949. The molecule has 0 aliphatic carbocycles. The number of hydrogen-bond donors (Lipinski definition) is 2. The van der Waals surface area contributed by atoms with E-state index >= 15 is 0 Å². The van der Waals surface area contributed by atoms with Gasteiger partial charge < -0.3 is 15.2 Å². The van der Waals surface area contributed by atoms with E-state index in [0.29, 0.717) is 28.8 Å².